The van der Waals surface area contributed by atoms with E-state index in [1.807, 2.05) is 18.2 Å². The summed E-state index contributed by atoms with van der Waals surface area (Å²) in [5.41, 5.74) is 2.11. The molecule has 164 valence electrons. The van der Waals surface area contributed by atoms with Crippen molar-refractivity contribution in [1.29, 1.82) is 0 Å². The summed E-state index contributed by atoms with van der Waals surface area (Å²) in [6.07, 6.45) is 5.98. The number of esters is 2. The topological polar surface area (TPSA) is 89.1 Å². The van der Waals surface area contributed by atoms with Gasteiger partial charge in [0.25, 0.3) is 0 Å². The summed E-state index contributed by atoms with van der Waals surface area (Å²) in [6, 6.07) is 5.80. The van der Waals surface area contributed by atoms with Gasteiger partial charge in [0.1, 0.15) is 11.4 Å². The van der Waals surface area contributed by atoms with Crippen molar-refractivity contribution in [1.82, 2.24) is 5.32 Å². The van der Waals surface area contributed by atoms with Gasteiger partial charge in [-0.3, -0.25) is 0 Å². The van der Waals surface area contributed by atoms with Gasteiger partial charge in [0.2, 0.25) is 0 Å². The normalized spacial score (nSPS) is 18.6. The lowest BCUT2D eigenvalue weighted by atomic mass is 9.71. The summed E-state index contributed by atoms with van der Waals surface area (Å²) >= 11 is 0. The Labute approximate surface area is 177 Å². The molecule has 2 N–H and O–H groups in total. The van der Waals surface area contributed by atoms with Crippen LogP contribution in [0, 0.1) is 5.41 Å². The second-order valence-electron chi connectivity index (χ2n) is 7.82. The number of benzene rings is 1. The van der Waals surface area contributed by atoms with E-state index in [0.717, 1.165) is 37.9 Å². The fourth-order valence-electron chi connectivity index (χ4n) is 4.25. The molecule has 1 spiro atoms. The van der Waals surface area contributed by atoms with Crippen molar-refractivity contribution in [2.75, 3.05) is 57.7 Å². The zero-order chi connectivity index (χ0) is 21.6. The molecule has 8 heteroatoms. The molecule has 3 rings (SSSR count). The molecule has 2 fully saturated rings. The average molecular weight is 418 g/mol. The Morgan fingerprint density at radius 2 is 1.77 bits per heavy atom. The number of ether oxygens (including phenoxy) is 3. The minimum atomic E-state index is -0.671. The Morgan fingerprint density at radius 3 is 2.37 bits per heavy atom. The van der Waals surface area contributed by atoms with Crippen molar-refractivity contribution in [3.8, 4) is 5.75 Å². The molecule has 1 aromatic carbocycles. The fraction of sp³-hybridized carbons (Fsp3) is 0.545. The highest BCUT2D eigenvalue weighted by molar-refractivity contribution is 5.99. The van der Waals surface area contributed by atoms with Gasteiger partial charge in [-0.15, -0.1) is 0 Å². The van der Waals surface area contributed by atoms with Crippen molar-refractivity contribution in [2.45, 2.75) is 25.7 Å². The first kappa shape index (κ1) is 22.0. The maximum absolute atomic E-state index is 12.0. The molecule has 2 heterocycles. The minimum absolute atomic E-state index is 0.0266. The molecule has 1 aromatic rings. The van der Waals surface area contributed by atoms with Crippen LogP contribution in [-0.2, 0) is 19.1 Å². The summed E-state index contributed by atoms with van der Waals surface area (Å²) in [5.74, 6) is -0.747. The van der Waals surface area contributed by atoms with Gasteiger partial charge < -0.3 is 29.7 Å². The minimum Gasteiger partial charge on any atom is -0.494 e. The molecule has 0 aliphatic carbocycles. The summed E-state index contributed by atoms with van der Waals surface area (Å²) in [5, 5.41) is 6.39. The Balaban J connectivity index is 1.74. The molecule has 0 aromatic heterocycles. The van der Waals surface area contributed by atoms with E-state index in [-0.39, 0.29) is 5.70 Å². The van der Waals surface area contributed by atoms with E-state index in [2.05, 4.69) is 20.3 Å². The van der Waals surface area contributed by atoms with Gasteiger partial charge in [-0.2, -0.15) is 0 Å². The number of hydrogen-bond acceptors (Lipinski definition) is 8. The largest absolute Gasteiger partial charge is 0.494 e. The number of hydrogen-bond donors (Lipinski definition) is 2. The Bertz CT molecular complexity index is 792. The Kier molecular flexibility index (Phi) is 7.20. The highest BCUT2D eigenvalue weighted by atomic mass is 16.5. The third-order valence-electron chi connectivity index (χ3n) is 6.18. The fourth-order valence-corrected chi connectivity index (χ4v) is 4.25. The third kappa shape index (κ3) is 5.05. The SMILES string of the molecule is COC(=O)/C=C(/Nc1ccc(N2CCC3(CCNCC3)CC2)cc1OC)C(=O)OC. The lowest BCUT2D eigenvalue weighted by Gasteiger charge is -2.45. The summed E-state index contributed by atoms with van der Waals surface area (Å²) < 4.78 is 14.9. The highest BCUT2D eigenvalue weighted by Gasteiger charge is 2.35. The molecule has 0 amide bonds. The number of anilines is 2. The first-order valence-electron chi connectivity index (χ1n) is 10.3. The lowest BCUT2D eigenvalue weighted by Crippen LogP contribution is -2.45. The molecular formula is C22H31N3O5. The van der Waals surface area contributed by atoms with Crippen LogP contribution in [0.1, 0.15) is 25.7 Å². The average Bonchev–Trinajstić information content (AvgIpc) is 2.79. The predicted molar refractivity (Wildman–Crippen MR) is 115 cm³/mol. The maximum Gasteiger partial charge on any atom is 0.354 e. The van der Waals surface area contributed by atoms with E-state index < -0.39 is 11.9 Å². The van der Waals surface area contributed by atoms with E-state index in [1.165, 1.54) is 39.9 Å². The molecule has 0 atom stereocenters. The lowest BCUT2D eigenvalue weighted by molar-refractivity contribution is -0.138. The van der Waals surface area contributed by atoms with Gasteiger partial charge in [0, 0.05) is 24.8 Å². The van der Waals surface area contributed by atoms with Gasteiger partial charge in [-0.05, 0) is 56.3 Å². The number of rotatable bonds is 6. The van der Waals surface area contributed by atoms with Crippen molar-refractivity contribution in [3.63, 3.8) is 0 Å². The smallest absolute Gasteiger partial charge is 0.354 e. The zero-order valence-electron chi connectivity index (χ0n) is 18.0. The number of carbonyl (C=O) groups is 2. The van der Waals surface area contributed by atoms with Crippen LogP contribution in [0.15, 0.2) is 30.0 Å². The molecule has 8 nitrogen and oxygen atoms in total. The second-order valence-corrected chi connectivity index (χ2v) is 7.82. The van der Waals surface area contributed by atoms with Crippen molar-refractivity contribution >= 4 is 23.3 Å². The van der Waals surface area contributed by atoms with Gasteiger partial charge in [0.15, 0.2) is 0 Å². The predicted octanol–water partition coefficient (Wildman–Crippen LogP) is 2.31. The van der Waals surface area contributed by atoms with Gasteiger partial charge in [0.05, 0.1) is 33.1 Å². The Morgan fingerprint density at radius 1 is 1.07 bits per heavy atom. The van der Waals surface area contributed by atoms with Gasteiger partial charge in [-0.25, -0.2) is 9.59 Å². The monoisotopic (exact) mass is 417 g/mol. The van der Waals surface area contributed by atoms with Crippen LogP contribution in [0.3, 0.4) is 0 Å². The van der Waals surface area contributed by atoms with Crippen LogP contribution in [0.25, 0.3) is 0 Å². The molecule has 0 saturated carbocycles. The van der Waals surface area contributed by atoms with Crippen LogP contribution < -0.4 is 20.3 Å². The van der Waals surface area contributed by atoms with Crippen LogP contribution in [0.2, 0.25) is 0 Å². The molecule has 0 radical (unpaired) electrons. The maximum atomic E-state index is 12.0. The zero-order valence-corrected chi connectivity index (χ0v) is 18.0. The highest BCUT2D eigenvalue weighted by Crippen LogP contribution is 2.41. The van der Waals surface area contributed by atoms with E-state index in [0.29, 0.717) is 16.9 Å². The third-order valence-corrected chi connectivity index (χ3v) is 6.18. The van der Waals surface area contributed by atoms with Crippen molar-refractivity contribution < 1.29 is 23.8 Å². The van der Waals surface area contributed by atoms with E-state index in [4.69, 9.17) is 9.47 Å². The van der Waals surface area contributed by atoms with E-state index in [1.54, 1.807) is 7.11 Å². The first-order valence-corrected chi connectivity index (χ1v) is 10.3. The van der Waals surface area contributed by atoms with Crippen molar-refractivity contribution in [2.24, 2.45) is 5.41 Å². The summed E-state index contributed by atoms with van der Waals surface area (Å²) in [6.45, 7) is 4.28. The summed E-state index contributed by atoms with van der Waals surface area (Å²) in [7, 11) is 4.07. The van der Waals surface area contributed by atoms with Crippen LogP contribution in [-0.4, -0.2) is 59.4 Å². The molecule has 2 aliphatic rings. The number of piperidine rings is 2. The standard InChI is InChI=1S/C22H31N3O5/c1-28-19-14-16(25-12-8-22(9-13-25)6-10-23-11-7-22)4-5-17(19)24-18(21(27)30-3)15-20(26)29-2/h4-5,14-15,23-24H,6-13H2,1-3H3/b18-15+. The number of nitrogens with zero attached hydrogens (tertiary/aromatic N) is 1. The number of nitrogens with one attached hydrogen (secondary N) is 2. The van der Waals surface area contributed by atoms with Crippen LogP contribution in [0.4, 0.5) is 11.4 Å². The quantitative estimate of drug-likeness (QED) is 0.538. The summed E-state index contributed by atoms with van der Waals surface area (Å²) in [4.78, 5) is 26.0. The van der Waals surface area contributed by atoms with E-state index >= 15 is 0 Å². The van der Waals surface area contributed by atoms with Crippen LogP contribution >= 0.6 is 0 Å². The molecular weight excluding hydrogens is 386 g/mol. The second kappa shape index (κ2) is 9.84. The van der Waals surface area contributed by atoms with E-state index in [9.17, 15) is 9.59 Å². The number of methoxy groups -OCH3 is 3. The first-order chi connectivity index (χ1) is 14.5. The van der Waals surface area contributed by atoms with Gasteiger partial charge in [-0.1, -0.05) is 0 Å². The van der Waals surface area contributed by atoms with Gasteiger partial charge >= 0.3 is 11.9 Å². The van der Waals surface area contributed by atoms with Crippen molar-refractivity contribution in [3.05, 3.63) is 30.0 Å². The molecule has 0 bridgehead atoms. The Hall–Kier alpha value is -2.74. The van der Waals surface area contributed by atoms with Crippen LogP contribution in [0.5, 0.6) is 5.75 Å². The molecule has 2 saturated heterocycles. The molecule has 0 unspecified atom stereocenters. The molecule has 2 aliphatic heterocycles. The number of carbonyl (C=O) groups excluding carboxylic acids is 2. The molecule has 30 heavy (non-hydrogen) atoms.